The third-order valence-corrected chi connectivity index (χ3v) is 2.83. The second-order valence-electron chi connectivity index (χ2n) is 3.90. The minimum absolute atomic E-state index is 0.230. The van der Waals surface area contributed by atoms with E-state index in [-0.39, 0.29) is 13.0 Å². The highest BCUT2D eigenvalue weighted by molar-refractivity contribution is 6.17. The number of alkyl halides is 1. The summed E-state index contributed by atoms with van der Waals surface area (Å²) in [4.78, 5) is 11.2. The van der Waals surface area contributed by atoms with Crippen LogP contribution in [0.1, 0.15) is 30.6 Å². The summed E-state index contributed by atoms with van der Waals surface area (Å²) in [5, 5.41) is 19.6. The summed E-state index contributed by atoms with van der Waals surface area (Å²) in [6.07, 6.45) is -2.52. The van der Waals surface area contributed by atoms with Gasteiger partial charge in [-0.2, -0.15) is 0 Å². The van der Waals surface area contributed by atoms with E-state index >= 15 is 0 Å². The fraction of sp³-hybridized carbons (Fsp3) is 0.462. The van der Waals surface area contributed by atoms with Gasteiger partial charge in [-0.15, -0.1) is 11.6 Å². The normalized spacial score (nSPS) is 14.0. The van der Waals surface area contributed by atoms with E-state index in [0.29, 0.717) is 11.4 Å². The van der Waals surface area contributed by atoms with Gasteiger partial charge in [-0.05, 0) is 18.1 Å². The molecular formula is C13H17ClO4. The summed E-state index contributed by atoms with van der Waals surface area (Å²) < 4.78 is 4.71. The van der Waals surface area contributed by atoms with E-state index in [4.69, 9.17) is 16.3 Å². The second-order valence-corrected chi connectivity index (χ2v) is 4.16. The molecule has 0 saturated heterocycles. The van der Waals surface area contributed by atoms with E-state index in [1.165, 1.54) is 0 Å². The van der Waals surface area contributed by atoms with Crippen LogP contribution in [0.2, 0.25) is 0 Å². The van der Waals surface area contributed by atoms with Crippen LogP contribution >= 0.6 is 11.6 Å². The predicted octanol–water partition coefficient (Wildman–Crippen LogP) is 1.77. The van der Waals surface area contributed by atoms with Crippen molar-refractivity contribution in [2.45, 2.75) is 31.4 Å². The predicted molar refractivity (Wildman–Crippen MR) is 68.2 cm³/mol. The Balaban J connectivity index is 2.61. The van der Waals surface area contributed by atoms with Crippen LogP contribution in [0.25, 0.3) is 0 Å². The fourth-order valence-electron chi connectivity index (χ4n) is 1.53. The monoisotopic (exact) mass is 272 g/mol. The van der Waals surface area contributed by atoms with Gasteiger partial charge in [-0.25, -0.2) is 0 Å². The Morgan fingerprint density at radius 1 is 1.33 bits per heavy atom. The van der Waals surface area contributed by atoms with Gasteiger partial charge >= 0.3 is 5.97 Å². The number of ether oxygens (including phenoxy) is 1. The molecule has 2 N–H and O–H groups in total. The van der Waals surface area contributed by atoms with Crippen LogP contribution in [0.15, 0.2) is 24.3 Å². The largest absolute Gasteiger partial charge is 0.466 e. The van der Waals surface area contributed by atoms with E-state index in [2.05, 4.69) is 0 Å². The molecule has 100 valence electrons. The summed E-state index contributed by atoms with van der Waals surface area (Å²) >= 11 is 5.65. The lowest BCUT2D eigenvalue weighted by molar-refractivity contribution is -0.147. The molecule has 0 aromatic heterocycles. The van der Waals surface area contributed by atoms with Crippen LogP contribution < -0.4 is 0 Å². The number of hydrogen-bond donors (Lipinski definition) is 2. The third kappa shape index (κ3) is 4.29. The second kappa shape index (κ2) is 7.36. The van der Waals surface area contributed by atoms with Crippen molar-refractivity contribution in [1.82, 2.24) is 0 Å². The van der Waals surface area contributed by atoms with E-state index in [9.17, 15) is 15.0 Å². The number of esters is 1. The van der Waals surface area contributed by atoms with Crippen molar-refractivity contribution in [3.05, 3.63) is 35.4 Å². The lowest BCUT2D eigenvalue weighted by atomic mass is 10.0. The summed E-state index contributed by atoms with van der Waals surface area (Å²) in [5.74, 6) is -0.136. The Hall–Kier alpha value is -1.10. The first-order chi connectivity index (χ1) is 8.58. The molecule has 0 spiro atoms. The van der Waals surface area contributed by atoms with E-state index < -0.39 is 18.2 Å². The van der Waals surface area contributed by atoms with Crippen LogP contribution in [0.5, 0.6) is 0 Å². The molecule has 1 aromatic carbocycles. The maximum Gasteiger partial charge on any atom is 0.308 e. The van der Waals surface area contributed by atoms with Gasteiger partial charge in [-0.3, -0.25) is 4.79 Å². The maximum absolute atomic E-state index is 11.2. The first-order valence-electron chi connectivity index (χ1n) is 5.75. The number of rotatable bonds is 6. The lowest BCUT2D eigenvalue weighted by Gasteiger charge is -2.17. The summed E-state index contributed by atoms with van der Waals surface area (Å²) in [6.45, 7) is 1.94. The smallest absolute Gasteiger partial charge is 0.308 e. The number of halogens is 1. The number of aliphatic hydroxyl groups is 2. The van der Waals surface area contributed by atoms with Gasteiger partial charge in [0.25, 0.3) is 0 Å². The van der Waals surface area contributed by atoms with Gasteiger partial charge in [0.1, 0.15) is 6.10 Å². The summed E-state index contributed by atoms with van der Waals surface area (Å²) in [5.41, 5.74) is 1.47. The molecule has 0 saturated carbocycles. The van der Waals surface area contributed by atoms with Crippen LogP contribution in [-0.4, -0.2) is 28.9 Å². The van der Waals surface area contributed by atoms with Crippen molar-refractivity contribution in [3.63, 3.8) is 0 Å². The minimum Gasteiger partial charge on any atom is -0.466 e. The van der Waals surface area contributed by atoms with Crippen molar-refractivity contribution < 1.29 is 19.7 Å². The van der Waals surface area contributed by atoms with Gasteiger partial charge in [0.05, 0.1) is 19.1 Å². The molecule has 18 heavy (non-hydrogen) atoms. The zero-order valence-electron chi connectivity index (χ0n) is 10.2. The van der Waals surface area contributed by atoms with E-state index in [1.807, 2.05) is 0 Å². The van der Waals surface area contributed by atoms with Crippen molar-refractivity contribution in [3.8, 4) is 0 Å². The van der Waals surface area contributed by atoms with Gasteiger partial charge in [-0.1, -0.05) is 24.3 Å². The number of carbonyl (C=O) groups excluding carboxylic acids is 1. The molecular weight excluding hydrogens is 256 g/mol. The van der Waals surface area contributed by atoms with Gasteiger partial charge in [0.15, 0.2) is 0 Å². The number of benzene rings is 1. The topological polar surface area (TPSA) is 66.8 Å². The quantitative estimate of drug-likeness (QED) is 0.612. The highest BCUT2D eigenvalue weighted by Crippen LogP contribution is 2.20. The maximum atomic E-state index is 11.2. The number of aliphatic hydroxyl groups excluding tert-OH is 2. The highest BCUT2D eigenvalue weighted by Gasteiger charge is 2.21. The molecule has 2 unspecified atom stereocenters. The van der Waals surface area contributed by atoms with Crippen molar-refractivity contribution >= 4 is 17.6 Å². The van der Waals surface area contributed by atoms with Crippen molar-refractivity contribution in [2.75, 3.05) is 6.61 Å². The Kier molecular flexibility index (Phi) is 6.12. The molecule has 2 atom stereocenters. The molecule has 0 aliphatic carbocycles. The summed E-state index contributed by atoms with van der Waals surface area (Å²) in [6, 6.07) is 6.89. The Labute approximate surface area is 111 Å². The lowest BCUT2D eigenvalue weighted by Crippen LogP contribution is -2.23. The number of carbonyl (C=O) groups is 1. The zero-order chi connectivity index (χ0) is 13.5. The molecule has 0 amide bonds. The fourth-order valence-corrected chi connectivity index (χ4v) is 1.71. The van der Waals surface area contributed by atoms with Gasteiger partial charge in [0.2, 0.25) is 0 Å². The average molecular weight is 273 g/mol. The third-order valence-electron chi connectivity index (χ3n) is 2.52. The van der Waals surface area contributed by atoms with Crippen LogP contribution in [0.4, 0.5) is 0 Å². The molecule has 0 aliphatic rings. The molecule has 5 heteroatoms. The van der Waals surface area contributed by atoms with Gasteiger partial charge in [0, 0.05) is 5.88 Å². The Bertz CT molecular complexity index is 377. The van der Waals surface area contributed by atoms with Crippen molar-refractivity contribution in [2.24, 2.45) is 0 Å². The first kappa shape index (κ1) is 15.0. The highest BCUT2D eigenvalue weighted by atomic mass is 35.5. The zero-order valence-corrected chi connectivity index (χ0v) is 10.9. The van der Waals surface area contributed by atoms with Crippen molar-refractivity contribution in [1.29, 1.82) is 0 Å². The Morgan fingerprint density at radius 2 is 1.94 bits per heavy atom. The molecule has 1 rings (SSSR count). The summed E-state index contributed by atoms with van der Waals surface area (Å²) in [7, 11) is 0. The van der Waals surface area contributed by atoms with Crippen LogP contribution in [0.3, 0.4) is 0 Å². The van der Waals surface area contributed by atoms with Crippen LogP contribution in [-0.2, 0) is 15.4 Å². The standard InChI is InChI=1S/C13H17ClO4/c1-2-18-12(16)7-11(15)13(17)10-5-3-9(8-14)4-6-10/h3-6,11,13,15,17H,2,7-8H2,1H3. The molecule has 0 fully saturated rings. The van der Waals surface area contributed by atoms with Crippen LogP contribution in [0, 0.1) is 0 Å². The van der Waals surface area contributed by atoms with E-state index in [1.54, 1.807) is 31.2 Å². The molecule has 0 aliphatic heterocycles. The molecule has 1 aromatic rings. The van der Waals surface area contributed by atoms with E-state index in [0.717, 1.165) is 5.56 Å². The van der Waals surface area contributed by atoms with Gasteiger partial charge < -0.3 is 14.9 Å². The molecule has 0 heterocycles. The molecule has 0 bridgehead atoms. The SMILES string of the molecule is CCOC(=O)CC(O)C(O)c1ccc(CCl)cc1. The number of hydrogen-bond acceptors (Lipinski definition) is 4. The first-order valence-corrected chi connectivity index (χ1v) is 6.28. The Morgan fingerprint density at radius 3 is 2.44 bits per heavy atom. The minimum atomic E-state index is -1.18. The average Bonchev–Trinajstić information content (AvgIpc) is 2.38. The molecule has 0 radical (unpaired) electrons. The molecule has 4 nitrogen and oxygen atoms in total.